The van der Waals surface area contributed by atoms with Crippen molar-refractivity contribution in [2.45, 2.75) is 19.4 Å². The van der Waals surface area contributed by atoms with Gasteiger partial charge in [-0.05, 0) is 26.4 Å². The second-order valence-corrected chi connectivity index (χ2v) is 5.06. The first-order chi connectivity index (χ1) is 5.95. The molecule has 4 N–H and O–H groups in total. The van der Waals surface area contributed by atoms with Crippen LogP contribution in [-0.4, -0.2) is 34.5 Å². The number of hydrogen-bond donors (Lipinski definition) is 3. The minimum absolute atomic E-state index is 0.00229. The van der Waals surface area contributed by atoms with E-state index in [-0.39, 0.29) is 12.6 Å². The van der Waals surface area contributed by atoms with E-state index in [2.05, 4.69) is 20.7 Å². The molecular weight excluding hydrogens is 212 g/mol. The average Bonchev–Trinajstić information content (AvgIpc) is 2.00. The van der Waals surface area contributed by atoms with Crippen LogP contribution in [0.5, 0.6) is 0 Å². The Hall–Kier alpha value is 0.210. The first-order valence-electron chi connectivity index (χ1n) is 4.01. The van der Waals surface area contributed by atoms with Gasteiger partial charge in [-0.15, -0.1) is 0 Å². The fourth-order valence-electron chi connectivity index (χ4n) is 0.697. The molecule has 0 bridgehead atoms. The Morgan fingerprint density at radius 3 is 2.85 bits per heavy atom. The van der Waals surface area contributed by atoms with Crippen molar-refractivity contribution in [1.82, 2.24) is 5.32 Å². The topological polar surface area (TPSA) is 84.6 Å². The minimum atomic E-state index is -3.48. The van der Waals surface area contributed by atoms with Crippen molar-refractivity contribution < 1.29 is 12.9 Å². The number of nitrogens with two attached hydrogens (primary N) is 1. The summed E-state index contributed by atoms with van der Waals surface area (Å²) < 4.78 is 23.7. The zero-order chi connectivity index (χ0) is 10.3. The molecule has 1 unspecified atom stereocenters. The third-order valence-electron chi connectivity index (χ3n) is 1.34. The lowest BCUT2D eigenvalue weighted by molar-refractivity contribution is 0.267. The van der Waals surface area contributed by atoms with Gasteiger partial charge in [0.2, 0.25) is 0 Å². The van der Waals surface area contributed by atoms with E-state index in [0.717, 1.165) is 13.0 Å². The fourth-order valence-corrected chi connectivity index (χ4v) is 1.24. The Morgan fingerprint density at radius 2 is 2.38 bits per heavy atom. The molecule has 0 aliphatic heterocycles. The van der Waals surface area contributed by atoms with Crippen molar-refractivity contribution in [1.29, 1.82) is 0 Å². The predicted octanol–water partition coefficient (Wildman–Crippen LogP) is -0.536. The van der Waals surface area contributed by atoms with Gasteiger partial charge < -0.3 is 11.1 Å². The SMILES string of the molecule is C[C@@H](COS(=O)(O)=S)NCCCN. The monoisotopic (exact) mass is 228 g/mol. The van der Waals surface area contributed by atoms with Crippen LogP contribution in [0.4, 0.5) is 0 Å². The van der Waals surface area contributed by atoms with E-state index in [9.17, 15) is 4.21 Å². The lowest BCUT2D eigenvalue weighted by Gasteiger charge is -2.12. The first-order valence-corrected chi connectivity index (χ1v) is 6.37. The van der Waals surface area contributed by atoms with E-state index < -0.39 is 9.05 Å². The maximum absolute atomic E-state index is 10.5. The highest BCUT2D eigenvalue weighted by Gasteiger charge is 2.05. The van der Waals surface area contributed by atoms with Crippen molar-refractivity contribution in [3.05, 3.63) is 0 Å². The van der Waals surface area contributed by atoms with Crippen LogP contribution >= 0.6 is 0 Å². The normalized spacial score (nSPS) is 18.1. The molecule has 0 rings (SSSR count). The highest BCUT2D eigenvalue weighted by atomic mass is 32.9. The molecule has 2 atom stereocenters. The zero-order valence-corrected chi connectivity index (χ0v) is 9.20. The molecule has 0 amide bonds. The molecule has 7 heteroatoms. The van der Waals surface area contributed by atoms with E-state index in [1.807, 2.05) is 6.92 Å². The van der Waals surface area contributed by atoms with E-state index in [0.29, 0.717) is 6.54 Å². The molecule has 0 saturated heterocycles. The smallest absolute Gasteiger partial charge is 0.266 e. The van der Waals surface area contributed by atoms with Gasteiger partial charge in [-0.2, -0.15) is 4.21 Å². The quantitative estimate of drug-likeness (QED) is 0.508. The van der Waals surface area contributed by atoms with E-state index >= 15 is 0 Å². The molecule has 13 heavy (non-hydrogen) atoms. The average molecular weight is 228 g/mol. The van der Waals surface area contributed by atoms with Crippen LogP contribution < -0.4 is 11.1 Å². The summed E-state index contributed by atoms with van der Waals surface area (Å²) in [5.41, 5.74) is 5.28. The second kappa shape index (κ2) is 6.63. The highest BCUT2D eigenvalue weighted by Crippen LogP contribution is 1.91. The Labute approximate surface area is 83.7 Å². The lowest BCUT2D eigenvalue weighted by atomic mass is 10.3. The van der Waals surface area contributed by atoms with Crippen LogP contribution in [0.15, 0.2) is 0 Å². The Morgan fingerprint density at radius 1 is 1.77 bits per heavy atom. The number of rotatable bonds is 7. The van der Waals surface area contributed by atoms with E-state index in [1.165, 1.54) is 0 Å². The lowest BCUT2D eigenvalue weighted by Crippen LogP contribution is -2.32. The van der Waals surface area contributed by atoms with Gasteiger partial charge in [0.05, 0.1) is 6.61 Å². The molecule has 0 aromatic heterocycles. The summed E-state index contributed by atoms with van der Waals surface area (Å²) >= 11 is 4.15. The maximum atomic E-state index is 10.5. The molecule has 0 heterocycles. The summed E-state index contributed by atoms with van der Waals surface area (Å²) in [6.07, 6.45) is 0.868. The van der Waals surface area contributed by atoms with Crippen LogP contribution in [0, 0.1) is 0 Å². The van der Waals surface area contributed by atoms with Crippen molar-refractivity contribution in [3.63, 3.8) is 0 Å². The van der Waals surface area contributed by atoms with Crippen LogP contribution in [0.25, 0.3) is 0 Å². The summed E-state index contributed by atoms with van der Waals surface area (Å²) in [5, 5.41) is 3.07. The van der Waals surface area contributed by atoms with Gasteiger partial charge in [0.1, 0.15) is 0 Å². The minimum Gasteiger partial charge on any atom is -0.330 e. The summed E-state index contributed by atoms with van der Waals surface area (Å²) in [5.74, 6) is 0. The van der Waals surface area contributed by atoms with Crippen LogP contribution in [0.1, 0.15) is 13.3 Å². The maximum Gasteiger partial charge on any atom is 0.266 e. The van der Waals surface area contributed by atoms with Crippen molar-refractivity contribution in [2.24, 2.45) is 5.73 Å². The zero-order valence-electron chi connectivity index (χ0n) is 7.56. The van der Waals surface area contributed by atoms with Crippen molar-refractivity contribution in [3.8, 4) is 0 Å². The van der Waals surface area contributed by atoms with E-state index in [4.69, 9.17) is 10.3 Å². The van der Waals surface area contributed by atoms with Crippen LogP contribution in [0.3, 0.4) is 0 Å². The number of nitrogens with one attached hydrogen (secondary N) is 1. The molecular formula is C6H16N2O3S2. The largest absolute Gasteiger partial charge is 0.330 e. The third kappa shape index (κ3) is 10.1. The molecule has 0 aromatic rings. The van der Waals surface area contributed by atoms with Gasteiger partial charge in [0.25, 0.3) is 9.05 Å². The fraction of sp³-hybridized carbons (Fsp3) is 1.00. The Balaban J connectivity index is 3.46. The summed E-state index contributed by atoms with van der Waals surface area (Å²) in [6, 6.07) is 0.00229. The van der Waals surface area contributed by atoms with Gasteiger partial charge >= 0.3 is 0 Å². The summed E-state index contributed by atoms with van der Waals surface area (Å²) in [4.78, 5) is 0. The van der Waals surface area contributed by atoms with Crippen molar-refractivity contribution in [2.75, 3.05) is 19.7 Å². The predicted molar refractivity (Wildman–Crippen MR) is 55.2 cm³/mol. The van der Waals surface area contributed by atoms with E-state index in [1.54, 1.807) is 0 Å². The highest BCUT2D eigenvalue weighted by molar-refractivity contribution is 8.27. The summed E-state index contributed by atoms with van der Waals surface area (Å²) in [7, 11) is -3.48. The van der Waals surface area contributed by atoms with Gasteiger partial charge in [-0.1, -0.05) is 0 Å². The molecule has 0 aromatic carbocycles. The summed E-state index contributed by atoms with van der Waals surface area (Å²) in [6.45, 7) is 3.36. The van der Waals surface area contributed by atoms with Gasteiger partial charge in [-0.3, -0.25) is 8.74 Å². The molecule has 5 nitrogen and oxygen atoms in total. The molecule has 80 valence electrons. The van der Waals surface area contributed by atoms with Crippen LogP contribution in [-0.2, 0) is 24.4 Å². The molecule has 0 fully saturated rings. The number of hydrogen-bond acceptors (Lipinski definition) is 5. The van der Waals surface area contributed by atoms with Gasteiger partial charge in [-0.25, -0.2) is 0 Å². The Bertz CT molecular complexity index is 218. The molecule has 0 aliphatic rings. The second-order valence-electron chi connectivity index (χ2n) is 2.71. The van der Waals surface area contributed by atoms with Gasteiger partial charge in [0, 0.05) is 17.2 Å². The van der Waals surface area contributed by atoms with Crippen molar-refractivity contribution >= 4 is 20.2 Å². The third-order valence-corrected chi connectivity index (χ3v) is 2.06. The van der Waals surface area contributed by atoms with Crippen LogP contribution in [0.2, 0.25) is 0 Å². The molecule has 0 saturated carbocycles. The molecule has 0 radical (unpaired) electrons. The molecule has 0 spiro atoms. The Kier molecular flexibility index (Phi) is 6.74. The molecule has 0 aliphatic carbocycles. The standard InChI is InChI=1S/C6H16N2O3S2/c1-6(8-4-2-3-7)5-11-13(9,10)12/h6,8H,2-5,7H2,1H3,(H,9,10,12)/t6-/m0/s1. The first kappa shape index (κ1) is 13.2. The van der Waals surface area contributed by atoms with Gasteiger partial charge in [0.15, 0.2) is 0 Å².